The molecule has 2 fully saturated rings. The summed E-state index contributed by atoms with van der Waals surface area (Å²) in [5.41, 5.74) is -0.385. The van der Waals surface area contributed by atoms with E-state index in [4.69, 9.17) is 4.74 Å². The van der Waals surface area contributed by atoms with Crippen LogP contribution >= 0.6 is 0 Å². The van der Waals surface area contributed by atoms with Crippen molar-refractivity contribution < 1.29 is 23.0 Å². The van der Waals surface area contributed by atoms with Gasteiger partial charge in [-0.25, -0.2) is 0 Å². The lowest BCUT2D eigenvalue weighted by atomic mass is 9.82. The number of ether oxygens (including phenoxy) is 1. The Kier molecular flexibility index (Phi) is 3.06. The number of hydrogen-bond acceptors (Lipinski definition) is 2. The molecule has 1 aromatic rings. The van der Waals surface area contributed by atoms with Crippen molar-refractivity contribution in [1.82, 2.24) is 0 Å². The lowest BCUT2D eigenvalue weighted by Gasteiger charge is -2.25. The highest BCUT2D eigenvalue weighted by Gasteiger charge is 2.44. The van der Waals surface area contributed by atoms with E-state index < -0.39 is 17.8 Å². The van der Waals surface area contributed by atoms with Gasteiger partial charge in [0.1, 0.15) is 0 Å². The minimum absolute atomic E-state index is 0.00505. The van der Waals surface area contributed by atoms with Gasteiger partial charge in [0.15, 0.2) is 0 Å². The second kappa shape index (κ2) is 4.49. The van der Waals surface area contributed by atoms with E-state index in [1.165, 1.54) is 6.07 Å². The molecule has 1 aromatic carbocycles. The fourth-order valence-electron chi connectivity index (χ4n) is 3.16. The van der Waals surface area contributed by atoms with E-state index >= 15 is 0 Å². The molecule has 1 N–H and O–H groups in total. The number of alkyl halides is 3. The van der Waals surface area contributed by atoms with Crippen LogP contribution in [0.3, 0.4) is 0 Å². The SMILES string of the molecule is OC(c1cccc(C(F)(F)F)c1)C1CC2CCC1O2. The zero-order chi connectivity index (χ0) is 13.6. The normalized spacial score (nSPS) is 31.7. The molecule has 2 heterocycles. The summed E-state index contributed by atoms with van der Waals surface area (Å²) >= 11 is 0. The summed E-state index contributed by atoms with van der Waals surface area (Å²) in [5.74, 6) is -0.0813. The Balaban J connectivity index is 1.82. The summed E-state index contributed by atoms with van der Waals surface area (Å²) in [4.78, 5) is 0. The van der Waals surface area contributed by atoms with Crippen molar-refractivity contribution in [2.45, 2.75) is 43.8 Å². The molecule has 4 atom stereocenters. The molecule has 0 aromatic heterocycles. The van der Waals surface area contributed by atoms with Crippen molar-refractivity contribution >= 4 is 0 Å². The van der Waals surface area contributed by atoms with Crippen LogP contribution in [0, 0.1) is 5.92 Å². The van der Waals surface area contributed by atoms with Crippen LogP contribution in [0.4, 0.5) is 13.2 Å². The molecule has 0 aliphatic carbocycles. The van der Waals surface area contributed by atoms with Gasteiger partial charge in [-0.1, -0.05) is 12.1 Å². The summed E-state index contributed by atoms with van der Waals surface area (Å²) in [7, 11) is 0. The van der Waals surface area contributed by atoms with Crippen LogP contribution in [0.1, 0.15) is 36.5 Å². The highest BCUT2D eigenvalue weighted by molar-refractivity contribution is 5.28. The summed E-state index contributed by atoms with van der Waals surface area (Å²) in [6.07, 6.45) is -2.45. The van der Waals surface area contributed by atoms with Crippen molar-refractivity contribution in [3.8, 4) is 0 Å². The van der Waals surface area contributed by atoms with Gasteiger partial charge in [0.25, 0.3) is 0 Å². The van der Waals surface area contributed by atoms with Gasteiger partial charge in [0, 0.05) is 5.92 Å². The van der Waals surface area contributed by atoms with Crippen molar-refractivity contribution in [2.75, 3.05) is 0 Å². The summed E-state index contributed by atoms with van der Waals surface area (Å²) in [5, 5.41) is 10.3. The molecule has 2 nitrogen and oxygen atoms in total. The first-order valence-corrected chi connectivity index (χ1v) is 6.46. The van der Waals surface area contributed by atoms with Gasteiger partial charge in [-0.3, -0.25) is 0 Å². The van der Waals surface area contributed by atoms with Gasteiger partial charge in [0.05, 0.1) is 23.9 Å². The smallest absolute Gasteiger partial charge is 0.388 e. The summed E-state index contributed by atoms with van der Waals surface area (Å²) in [6.45, 7) is 0. The van der Waals surface area contributed by atoms with E-state index in [0.717, 1.165) is 31.4 Å². The molecular formula is C14H15F3O2. The van der Waals surface area contributed by atoms with Crippen LogP contribution in [-0.2, 0) is 10.9 Å². The van der Waals surface area contributed by atoms with Crippen LogP contribution in [0.25, 0.3) is 0 Å². The van der Waals surface area contributed by atoms with E-state index in [9.17, 15) is 18.3 Å². The molecule has 0 amide bonds. The second-order valence-corrected chi connectivity index (χ2v) is 5.34. The number of hydrogen-bond donors (Lipinski definition) is 1. The van der Waals surface area contributed by atoms with Gasteiger partial charge in [-0.15, -0.1) is 0 Å². The van der Waals surface area contributed by atoms with Crippen molar-refractivity contribution in [1.29, 1.82) is 0 Å². The van der Waals surface area contributed by atoms with E-state index in [0.29, 0.717) is 5.56 Å². The Labute approximate surface area is 109 Å². The minimum Gasteiger partial charge on any atom is -0.388 e. The third kappa shape index (κ3) is 2.37. The molecule has 0 spiro atoms. The fourth-order valence-corrected chi connectivity index (χ4v) is 3.16. The summed E-state index contributed by atoms with van der Waals surface area (Å²) in [6, 6.07) is 4.95. The maximum Gasteiger partial charge on any atom is 0.416 e. The Morgan fingerprint density at radius 3 is 2.63 bits per heavy atom. The zero-order valence-electron chi connectivity index (χ0n) is 10.2. The lowest BCUT2D eigenvalue weighted by Crippen LogP contribution is -2.23. The van der Waals surface area contributed by atoms with E-state index in [1.54, 1.807) is 6.07 Å². The Hall–Kier alpha value is -1.07. The maximum atomic E-state index is 12.7. The Morgan fingerprint density at radius 1 is 1.26 bits per heavy atom. The van der Waals surface area contributed by atoms with E-state index in [-0.39, 0.29) is 18.1 Å². The molecule has 4 unspecified atom stereocenters. The summed E-state index contributed by atoms with van der Waals surface area (Å²) < 4.78 is 43.6. The molecule has 2 bridgehead atoms. The highest BCUT2D eigenvalue weighted by Crippen LogP contribution is 2.45. The minimum atomic E-state index is -4.37. The predicted molar refractivity (Wildman–Crippen MR) is 62.4 cm³/mol. The predicted octanol–water partition coefficient (Wildman–Crippen LogP) is 3.31. The van der Waals surface area contributed by atoms with Crippen LogP contribution in [0.15, 0.2) is 24.3 Å². The van der Waals surface area contributed by atoms with Gasteiger partial charge >= 0.3 is 6.18 Å². The average molecular weight is 272 g/mol. The number of benzene rings is 1. The molecule has 104 valence electrons. The molecule has 3 rings (SSSR count). The number of aliphatic hydroxyl groups is 1. The quantitative estimate of drug-likeness (QED) is 0.895. The number of halogens is 3. The fraction of sp³-hybridized carbons (Fsp3) is 0.571. The van der Waals surface area contributed by atoms with Gasteiger partial charge in [-0.2, -0.15) is 13.2 Å². The van der Waals surface area contributed by atoms with Crippen LogP contribution in [0.2, 0.25) is 0 Å². The van der Waals surface area contributed by atoms with Gasteiger partial charge in [-0.05, 0) is 37.0 Å². The maximum absolute atomic E-state index is 12.7. The van der Waals surface area contributed by atoms with Crippen LogP contribution in [0.5, 0.6) is 0 Å². The van der Waals surface area contributed by atoms with Gasteiger partial charge in [0.2, 0.25) is 0 Å². The van der Waals surface area contributed by atoms with Crippen molar-refractivity contribution in [3.05, 3.63) is 35.4 Å². The molecule has 5 heteroatoms. The first-order chi connectivity index (χ1) is 8.95. The average Bonchev–Trinajstić information content (AvgIpc) is 2.99. The van der Waals surface area contributed by atoms with E-state index in [2.05, 4.69) is 0 Å². The second-order valence-electron chi connectivity index (χ2n) is 5.34. The first kappa shape index (κ1) is 12.9. The third-order valence-electron chi connectivity index (χ3n) is 4.11. The Bertz CT molecular complexity index is 472. The molecular weight excluding hydrogens is 257 g/mol. The molecule has 0 radical (unpaired) electrons. The van der Waals surface area contributed by atoms with Crippen LogP contribution in [-0.4, -0.2) is 17.3 Å². The van der Waals surface area contributed by atoms with Crippen molar-refractivity contribution in [3.63, 3.8) is 0 Å². The molecule has 2 aliphatic heterocycles. The lowest BCUT2D eigenvalue weighted by molar-refractivity contribution is -0.137. The number of fused-ring (bicyclic) bond motifs is 2. The van der Waals surface area contributed by atoms with Crippen LogP contribution < -0.4 is 0 Å². The van der Waals surface area contributed by atoms with Crippen molar-refractivity contribution in [2.24, 2.45) is 5.92 Å². The first-order valence-electron chi connectivity index (χ1n) is 6.46. The largest absolute Gasteiger partial charge is 0.416 e. The topological polar surface area (TPSA) is 29.5 Å². The third-order valence-corrected chi connectivity index (χ3v) is 4.11. The standard InChI is InChI=1S/C14H15F3O2/c15-14(16,17)9-3-1-2-8(6-9)13(18)11-7-10-4-5-12(11)19-10/h1-3,6,10-13,18H,4-5,7H2. The zero-order valence-corrected chi connectivity index (χ0v) is 10.2. The van der Waals surface area contributed by atoms with E-state index in [1.807, 2.05) is 0 Å². The molecule has 19 heavy (non-hydrogen) atoms. The number of rotatable bonds is 2. The van der Waals surface area contributed by atoms with Gasteiger partial charge < -0.3 is 9.84 Å². The molecule has 2 aliphatic rings. The Morgan fingerprint density at radius 2 is 2.05 bits per heavy atom. The molecule has 2 saturated heterocycles. The highest BCUT2D eigenvalue weighted by atomic mass is 19.4. The number of aliphatic hydroxyl groups excluding tert-OH is 1. The monoisotopic (exact) mass is 272 g/mol. The molecule has 0 saturated carbocycles.